The maximum Gasteiger partial charge on any atom is 0.287 e. The lowest BCUT2D eigenvalue weighted by molar-refractivity contribution is 0.100. The molecule has 0 saturated carbocycles. The van der Waals surface area contributed by atoms with Crippen molar-refractivity contribution in [2.75, 3.05) is 12.5 Å². The standard InChI is InChI=1S/C27H25N5O3S/c1-36(2,34)32-27(33)22-15-20-5-3-4-6-24(20)31-25(22)17-35-21-9-7-19(8-10-21)26(29)23(16-28)18-11-13-30-14-12-18/h3-16,29H,17,28H2,1-2H3/b23-16-,29-26?. The molecule has 0 atom stereocenters. The molecule has 2 heterocycles. The summed E-state index contributed by atoms with van der Waals surface area (Å²) >= 11 is 0. The molecule has 4 rings (SSSR count). The number of ether oxygens (including phenoxy) is 1. The molecule has 3 N–H and O–H groups in total. The number of benzene rings is 2. The van der Waals surface area contributed by atoms with Crippen molar-refractivity contribution in [1.29, 1.82) is 5.41 Å². The van der Waals surface area contributed by atoms with E-state index in [9.17, 15) is 9.00 Å². The zero-order chi connectivity index (χ0) is 25.7. The Balaban J connectivity index is 1.57. The van der Waals surface area contributed by atoms with Crippen LogP contribution in [-0.4, -0.2) is 38.3 Å². The zero-order valence-corrected chi connectivity index (χ0v) is 20.7. The number of nitrogens with zero attached hydrogens (tertiary/aromatic N) is 3. The maximum atomic E-state index is 12.8. The smallest absolute Gasteiger partial charge is 0.287 e. The predicted octanol–water partition coefficient (Wildman–Crippen LogP) is 4.44. The molecule has 0 aliphatic rings. The first-order valence-electron chi connectivity index (χ1n) is 11.0. The van der Waals surface area contributed by atoms with Gasteiger partial charge in [-0.1, -0.05) is 18.2 Å². The van der Waals surface area contributed by atoms with Gasteiger partial charge in [0.05, 0.1) is 22.5 Å². The molecule has 0 fully saturated rings. The second-order valence-corrected chi connectivity index (χ2v) is 10.8. The van der Waals surface area contributed by atoms with E-state index < -0.39 is 15.6 Å². The third-order valence-electron chi connectivity index (χ3n) is 5.28. The van der Waals surface area contributed by atoms with Crippen molar-refractivity contribution in [3.05, 3.63) is 108 Å². The molecule has 0 saturated heterocycles. The van der Waals surface area contributed by atoms with Gasteiger partial charge in [-0.15, -0.1) is 0 Å². The number of fused-ring (bicyclic) bond motifs is 1. The van der Waals surface area contributed by atoms with E-state index in [1.807, 2.05) is 24.3 Å². The summed E-state index contributed by atoms with van der Waals surface area (Å²) in [4.78, 5) is 21.4. The van der Waals surface area contributed by atoms with Crippen LogP contribution in [0, 0.1) is 5.41 Å². The maximum absolute atomic E-state index is 12.8. The highest BCUT2D eigenvalue weighted by atomic mass is 32.2. The van der Waals surface area contributed by atoms with E-state index in [0.29, 0.717) is 28.1 Å². The van der Waals surface area contributed by atoms with Gasteiger partial charge in [0.25, 0.3) is 5.91 Å². The summed E-state index contributed by atoms with van der Waals surface area (Å²) < 4.78 is 21.9. The van der Waals surface area contributed by atoms with E-state index in [0.717, 1.165) is 10.9 Å². The summed E-state index contributed by atoms with van der Waals surface area (Å²) in [6, 6.07) is 19.7. The number of pyridine rings is 2. The first kappa shape index (κ1) is 24.7. The van der Waals surface area contributed by atoms with Crippen LogP contribution in [0.1, 0.15) is 27.2 Å². The van der Waals surface area contributed by atoms with E-state index in [1.165, 1.54) is 18.7 Å². The summed E-state index contributed by atoms with van der Waals surface area (Å²) in [6.45, 7) is 0.0117. The Labute approximate surface area is 209 Å². The highest BCUT2D eigenvalue weighted by Gasteiger charge is 2.16. The molecule has 1 amide bonds. The number of carbonyl (C=O) groups is 1. The number of para-hydroxylation sites is 1. The summed E-state index contributed by atoms with van der Waals surface area (Å²) in [5.74, 6) is -0.0586. The molecule has 2 aromatic carbocycles. The number of hydrogen-bond acceptors (Lipinski definition) is 7. The van der Waals surface area contributed by atoms with Crippen LogP contribution in [0.4, 0.5) is 0 Å². The van der Waals surface area contributed by atoms with Gasteiger partial charge < -0.3 is 10.5 Å². The van der Waals surface area contributed by atoms with Gasteiger partial charge in [0.2, 0.25) is 0 Å². The minimum absolute atomic E-state index is 0.0117. The Bertz CT molecular complexity index is 1580. The highest BCUT2D eigenvalue weighted by molar-refractivity contribution is 7.92. The molecule has 36 heavy (non-hydrogen) atoms. The summed E-state index contributed by atoms with van der Waals surface area (Å²) in [6.07, 6.45) is 7.52. The van der Waals surface area contributed by atoms with Crippen LogP contribution in [0.15, 0.2) is 89.7 Å². The average Bonchev–Trinajstić information content (AvgIpc) is 2.87. The van der Waals surface area contributed by atoms with Crippen molar-refractivity contribution < 1.29 is 13.7 Å². The largest absolute Gasteiger partial charge is 0.487 e. The normalized spacial score (nSPS) is 11.8. The Hall–Kier alpha value is -4.37. The number of carbonyl (C=O) groups excluding carboxylic acids is 1. The van der Waals surface area contributed by atoms with Crippen LogP contribution in [0.2, 0.25) is 0 Å². The first-order chi connectivity index (χ1) is 17.2. The Morgan fingerprint density at radius 3 is 2.42 bits per heavy atom. The number of hydrogen-bond donors (Lipinski definition) is 2. The van der Waals surface area contributed by atoms with Crippen molar-refractivity contribution >= 4 is 37.8 Å². The average molecular weight is 500 g/mol. The van der Waals surface area contributed by atoms with Crippen molar-refractivity contribution in [2.45, 2.75) is 6.61 Å². The Kier molecular flexibility index (Phi) is 7.21. The van der Waals surface area contributed by atoms with Gasteiger partial charge >= 0.3 is 0 Å². The van der Waals surface area contributed by atoms with Gasteiger partial charge in [-0.2, -0.15) is 4.36 Å². The second kappa shape index (κ2) is 10.5. The molecular weight excluding hydrogens is 474 g/mol. The topological polar surface area (TPSA) is 131 Å². The summed E-state index contributed by atoms with van der Waals surface area (Å²) in [7, 11) is -2.63. The fourth-order valence-corrected chi connectivity index (χ4v) is 4.08. The predicted molar refractivity (Wildman–Crippen MR) is 142 cm³/mol. The van der Waals surface area contributed by atoms with E-state index in [2.05, 4.69) is 14.3 Å². The Morgan fingerprint density at radius 1 is 1.06 bits per heavy atom. The van der Waals surface area contributed by atoms with Crippen LogP contribution < -0.4 is 10.5 Å². The van der Waals surface area contributed by atoms with Gasteiger partial charge in [-0.05, 0) is 54.1 Å². The van der Waals surface area contributed by atoms with E-state index in [1.54, 1.807) is 54.9 Å². The molecule has 9 heteroatoms. The molecule has 0 bridgehead atoms. The van der Waals surface area contributed by atoms with Crippen molar-refractivity contribution in [3.8, 4) is 5.75 Å². The molecule has 182 valence electrons. The molecule has 0 aliphatic carbocycles. The molecule has 0 spiro atoms. The summed E-state index contributed by atoms with van der Waals surface area (Å²) in [5, 5.41) is 9.34. The number of nitrogens with one attached hydrogen (secondary N) is 1. The lowest BCUT2D eigenvalue weighted by Gasteiger charge is -2.12. The first-order valence-corrected chi connectivity index (χ1v) is 13.3. The van der Waals surface area contributed by atoms with E-state index in [-0.39, 0.29) is 17.9 Å². The number of rotatable bonds is 7. The molecule has 0 unspecified atom stereocenters. The number of allylic oxidation sites excluding steroid dienone is 1. The SMILES string of the molecule is CS(C)(=O)=NC(=O)c1cc2ccccc2nc1COc1ccc(C(=N)/C(=C\N)c2ccncc2)cc1. The van der Waals surface area contributed by atoms with Gasteiger partial charge in [0.1, 0.15) is 12.4 Å². The van der Waals surface area contributed by atoms with E-state index in [4.69, 9.17) is 15.9 Å². The summed E-state index contributed by atoms with van der Waals surface area (Å²) in [5.41, 5.74) is 9.46. The number of amides is 1. The van der Waals surface area contributed by atoms with Gasteiger partial charge in [-0.3, -0.25) is 15.2 Å². The van der Waals surface area contributed by atoms with Crippen LogP contribution in [0.25, 0.3) is 16.5 Å². The van der Waals surface area contributed by atoms with Crippen molar-refractivity contribution in [2.24, 2.45) is 10.1 Å². The van der Waals surface area contributed by atoms with Gasteiger partial charge in [0.15, 0.2) is 0 Å². The van der Waals surface area contributed by atoms with Gasteiger partial charge in [0, 0.05) is 57.4 Å². The zero-order valence-electron chi connectivity index (χ0n) is 19.8. The van der Waals surface area contributed by atoms with Crippen LogP contribution in [-0.2, 0) is 16.3 Å². The second-order valence-electron chi connectivity index (χ2n) is 8.26. The lowest BCUT2D eigenvalue weighted by atomic mass is 9.97. The van der Waals surface area contributed by atoms with Crippen LogP contribution in [0.5, 0.6) is 5.75 Å². The lowest BCUT2D eigenvalue weighted by Crippen LogP contribution is -2.10. The third kappa shape index (κ3) is 5.81. The molecule has 4 aromatic rings. The number of nitrogens with two attached hydrogens (primary N) is 1. The Morgan fingerprint density at radius 2 is 1.75 bits per heavy atom. The molecule has 8 nitrogen and oxygen atoms in total. The van der Waals surface area contributed by atoms with E-state index >= 15 is 0 Å². The van der Waals surface area contributed by atoms with Crippen LogP contribution >= 0.6 is 0 Å². The molecular formula is C27H25N5O3S. The fraction of sp³-hybridized carbons (Fsp3) is 0.111. The highest BCUT2D eigenvalue weighted by Crippen LogP contribution is 2.23. The van der Waals surface area contributed by atoms with Gasteiger partial charge in [-0.25, -0.2) is 9.19 Å². The number of aromatic nitrogens is 2. The molecule has 2 aromatic heterocycles. The quantitative estimate of drug-likeness (QED) is 0.361. The third-order valence-corrected chi connectivity index (χ3v) is 5.89. The minimum atomic E-state index is -2.63. The fourth-order valence-electron chi connectivity index (χ4n) is 3.58. The monoisotopic (exact) mass is 499 g/mol. The molecule has 0 radical (unpaired) electrons. The molecule has 0 aliphatic heterocycles. The van der Waals surface area contributed by atoms with Crippen LogP contribution in [0.3, 0.4) is 0 Å². The minimum Gasteiger partial charge on any atom is -0.487 e. The van der Waals surface area contributed by atoms with Crippen molar-refractivity contribution in [1.82, 2.24) is 9.97 Å². The van der Waals surface area contributed by atoms with Crippen molar-refractivity contribution in [3.63, 3.8) is 0 Å².